The Morgan fingerprint density at radius 3 is 2.00 bits per heavy atom. The predicted molar refractivity (Wildman–Crippen MR) is 135 cm³/mol. The number of thiol groups is 2. The SMILES string of the molecule is NC(=O)CC(NC(=O)C(CS)NC(=O)C(CS)NC(=O)C(N)Cc1c[nH]c2ccccc12)C(=O)O. The van der Waals surface area contributed by atoms with Crippen molar-refractivity contribution in [3.05, 3.63) is 36.0 Å². The van der Waals surface area contributed by atoms with E-state index >= 15 is 0 Å². The van der Waals surface area contributed by atoms with Crippen molar-refractivity contribution in [1.29, 1.82) is 0 Å². The number of para-hydroxylation sites is 1. The number of aromatic nitrogens is 1. The number of primary amides is 1. The summed E-state index contributed by atoms with van der Waals surface area (Å²) in [7, 11) is 0. The van der Waals surface area contributed by atoms with E-state index in [1.807, 2.05) is 24.3 Å². The van der Waals surface area contributed by atoms with Crippen LogP contribution >= 0.6 is 25.3 Å². The number of H-pyrrole nitrogens is 1. The van der Waals surface area contributed by atoms with Crippen LogP contribution in [0, 0.1) is 0 Å². The first kappa shape index (κ1) is 28.0. The number of aromatic amines is 1. The van der Waals surface area contributed by atoms with Crippen LogP contribution in [0.4, 0.5) is 0 Å². The summed E-state index contributed by atoms with van der Waals surface area (Å²) in [5.41, 5.74) is 12.8. The Hall–Kier alpha value is -3.23. The van der Waals surface area contributed by atoms with E-state index < -0.39 is 60.2 Å². The first-order chi connectivity index (χ1) is 16.6. The molecule has 0 spiro atoms. The van der Waals surface area contributed by atoms with Gasteiger partial charge in [-0.2, -0.15) is 25.3 Å². The summed E-state index contributed by atoms with van der Waals surface area (Å²) in [4.78, 5) is 63.1. The van der Waals surface area contributed by atoms with Gasteiger partial charge in [-0.15, -0.1) is 0 Å². The second kappa shape index (κ2) is 13.0. The highest BCUT2D eigenvalue weighted by Gasteiger charge is 2.30. The van der Waals surface area contributed by atoms with E-state index in [1.165, 1.54) is 0 Å². The number of benzene rings is 1. The number of rotatable bonds is 13. The summed E-state index contributed by atoms with van der Waals surface area (Å²) >= 11 is 8.10. The normalized spacial score (nSPS) is 14.4. The maximum atomic E-state index is 12.7. The van der Waals surface area contributed by atoms with Crippen LogP contribution in [-0.2, 0) is 30.4 Å². The highest BCUT2D eigenvalue weighted by atomic mass is 32.1. The zero-order valence-corrected chi connectivity index (χ0v) is 20.4. The molecule has 4 atom stereocenters. The van der Waals surface area contributed by atoms with Gasteiger partial charge in [0.2, 0.25) is 23.6 Å². The number of carboxylic acid groups (broad SMARTS) is 1. The molecule has 1 aromatic heterocycles. The second-order valence-electron chi connectivity index (χ2n) is 7.73. The van der Waals surface area contributed by atoms with E-state index in [0.29, 0.717) is 0 Å². The maximum Gasteiger partial charge on any atom is 0.326 e. The minimum atomic E-state index is -1.57. The molecule has 0 saturated heterocycles. The molecule has 14 heteroatoms. The largest absolute Gasteiger partial charge is 0.480 e. The third kappa shape index (κ3) is 7.90. The summed E-state index contributed by atoms with van der Waals surface area (Å²) < 4.78 is 0. The molecule has 12 nitrogen and oxygen atoms in total. The zero-order valence-electron chi connectivity index (χ0n) is 18.6. The number of carbonyl (C=O) groups is 5. The minimum Gasteiger partial charge on any atom is -0.480 e. The Morgan fingerprint density at radius 1 is 0.914 bits per heavy atom. The quantitative estimate of drug-likeness (QED) is 0.139. The van der Waals surface area contributed by atoms with Gasteiger partial charge >= 0.3 is 5.97 Å². The molecule has 1 aromatic carbocycles. The van der Waals surface area contributed by atoms with Crippen LogP contribution in [0.5, 0.6) is 0 Å². The molecule has 9 N–H and O–H groups in total. The van der Waals surface area contributed by atoms with Crippen LogP contribution in [-0.4, -0.2) is 75.4 Å². The number of nitrogens with one attached hydrogen (secondary N) is 4. The van der Waals surface area contributed by atoms with Crippen LogP contribution in [0.1, 0.15) is 12.0 Å². The molecule has 0 saturated carbocycles. The smallest absolute Gasteiger partial charge is 0.326 e. The third-order valence-electron chi connectivity index (χ3n) is 5.10. The highest BCUT2D eigenvalue weighted by Crippen LogP contribution is 2.18. The van der Waals surface area contributed by atoms with Gasteiger partial charge < -0.3 is 37.5 Å². The number of aliphatic carboxylic acids is 1. The molecule has 35 heavy (non-hydrogen) atoms. The molecule has 4 unspecified atom stereocenters. The lowest BCUT2D eigenvalue weighted by molar-refractivity contribution is -0.143. The number of nitrogens with two attached hydrogens (primary N) is 2. The molecule has 2 rings (SSSR count). The van der Waals surface area contributed by atoms with Gasteiger partial charge in [-0.25, -0.2) is 4.79 Å². The van der Waals surface area contributed by atoms with E-state index in [-0.39, 0.29) is 17.9 Å². The van der Waals surface area contributed by atoms with E-state index in [0.717, 1.165) is 16.5 Å². The van der Waals surface area contributed by atoms with Crippen LogP contribution in [0.3, 0.4) is 0 Å². The average molecular weight is 525 g/mol. The molecule has 1 heterocycles. The summed E-state index contributed by atoms with van der Waals surface area (Å²) in [6.45, 7) is 0. The molecule has 0 aliphatic carbocycles. The fraction of sp³-hybridized carbons (Fsp3) is 0.381. The molecule has 0 aliphatic heterocycles. The standard InChI is InChI=1S/C21H28N6O6S2/c22-12(5-10-7-24-13-4-2-1-3-11(10)13)18(29)26-15(8-34)20(31)27-16(9-35)19(30)25-14(21(32)33)6-17(23)28/h1-4,7,12,14-16,24,34-35H,5-6,8-9,22H2,(H2,23,28)(H,25,30)(H,26,29)(H,27,31)(H,32,33). The summed E-state index contributed by atoms with van der Waals surface area (Å²) in [5, 5.41) is 17.1. The Balaban J connectivity index is 1.98. The van der Waals surface area contributed by atoms with Gasteiger partial charge in [0.15, 0.2) is 0 Å². The fourth-order valence-corrected chi connectivity index (χ4v) is 3.76. The number of hydrogen-bond donors (Lipinski definition) is 9. The van der Waals surface area contributed by atoms with Crippen molar-refractivity contribution in [3.8, 4) is 0 Å². The first-order valence-corrected chi connectivity index (χ1v) is 11.8. The summed E-state index contributed by atoms with van der Waals surface area (Å²) in [6.07, 6.45) is 1.35. The number of fused-ring (bicyclic) bond motifs is 1. The number of carboxylic acids is 1. The van der Waals surface area contributed by atoms with Crippen LogP contribution in [0.25, 0.3) is 10.9 Å². The molecular formula is C21H28N6O6S2. The summed E-state index contributed by atoms with van der Waals surface area (Å²) in [5.74, 6) is -4.90. The molecule has 0 bridgehead atoms. The van der Waals surface area contributed by atoms with E-state index in [1.54, 1.807) is 6.20 Å². The fourth-order valence-electron chi connectivity index (χ4n) is 3.24. The van der Waals surface area contributed by atoms with Crippen molar-refractivity contribution in [3.63, 3.8) is 0 Å². The van der Waals surface area contributed by atoms with Gasteiger partial charge in [-0.1, -0.05) is 18.2 Å². The van der Waals surface area contributed by atoms with Crippen molar-refractivity contribution in [2.24, 2.45) is 11.5 Å². The maximum absolute atomic E-state index is 12.7. The monoisotopic (exact) mass is 524 g/mol. The van der Waals surface area contributed by atoms with Crippen LogP contribution in [0.2, 0.25) is 0 Å². The van der Waals surface area contributed by atoms with Gasteiger partial charge in [0.05, 0.1) is 12.5 Å². The number of amides is 4. The highest BCUT2D eigenvalue weighted by molar-refractivity contribution is 7.80. The van der Waals surface area contributed by atoms with Crippen molar-refractivity contribution < 1.29 is 29.1 Å². The molecular weight excluding hydrogens is 496 g/mol. The Kier molecular flexibility index (Phi) is 10.4. The molecule has 0 fully saturated rings. The van der Waals surface area contributed by atoms with Crippen LogP contribution in [0.15, 0.2) is 30.5 Å². The summed E-state index contributed by atoms with van der Waals surface area (Å²) in [6, 6.07) is 2.63. The Morgan fingerprint density at radius 2 is 1.46 bits per heavy atom. The second-order valence-corrected chi connectivity index (χ2v) is 8.46. The van der Waals surface area contributed by atoms with E-state index in [9.17, 15) is 24.0 Å². The van der Waals surface area contributed by atoms with Gasteiger partial charge in [0.25, 0.3) is 0 Å². The van der Waals surface area contributed by atoms with Crippen molar-refractivity contribution in [1.82, 2.24) is 20.9 Å². The van der Waals surface area contributed by atoms with Crippen molar-refractivity contribution in [2.45, 2.75) is 37.0 Å². The predicted octanol–water partition coefficient (Wildman–Crippen LogP) is -1.69. The zero-order chi connectivity index (χ0) is 26.1. The lowest BCUT2D eigenvalue weighted by Crippen LogP contribution is -2.58. The Labute approximate surface area is 211 Å². The van der Waals surface area contributed by atoms with Gasteiger partial charge in [0, 0.05) is 28.6 Å². The lowest BCUT2D eigenvalue weighted by atomic mass is 10.0. The average Bonchev–Trinajstić information content (AvgIpc) is 3.22. The molecule has 0 radical (unpaired) electrons. The van der Waals surface area contributed by atoms with Crippen molar-refractivity contribution in [2.75, 3.05) is 11.5 Å². The van der Waals surface area contributed by atoms with Gasteiger partial charge in [-0.3, -0.25) is 19.2 Å². The van der Waals surface area contributed by atoms with E-state index in [4.69, 9.17) is 16.6 Å². The first-order valence-electron chi connectivity index (χ1n) is 10.5. The molecule has 190 valence electrons. The molecule has 4 amide bonds. The van der Waals surface area contributed by atoms with Crippen molar-refractivity contribution >= 4 is 65.8 Å². The lowest BCUT2D eigenvalue weighted by Gasteiger charge is -2.23. The molecule has 2 aromatic rings. The number of carbonyl (C=O) groups excluding carboxylic acids is 4. The van der Waals surface area contributed by atoms with E-state index in [2.05, 4.69) is 46.2 Å². The van der Waals surface area contributed by atoms with Gasteiger partial charge in [-0.05, 0) is 18.1 Å². The van der Waals surface area contributed by atoms with Gasteiger partial charge in [0.1, 0.15) is 18.1 Å². The topological polar surface area (TPSA) is 209 Å². The minimum absolute atomic E-state index is 0.0995. The number of hydrogen-bond acceptors (Lipinski definition) is 8. The Bertz CT molecular complexity index is 1090. The van der Waals surface area contributed by atoms with Crippen LogP contribution < -0.4 is 27.4 Å². The third-order valence-corrected chi connectivity index (χ3v) is 5.83. The molecule has 0 aliphatic rings.